The molecule has 0 radical (unpaired) electrons. The van der Waals surface area contributed by atoms with Gasteiger partial charge in [0.1, 0.15) is 0 Å². The fraction of sp³-hybridized carbons (Fsp3) is 0.923. The van der Waals surface area contributed by atoms with Gasteiger partial charge in [0, 0.05) is 12.6 Å². The van der Waals surface area contributed by atoms with Crippen molar-refractivity contribution in [2.75, 3.05) is 13.2 Å². The molecule has 2 saturated heterocycles. The zero-order chi connectivity index (χ0) is 14.5. The lowest BCUT2D eigenvalue weighted by Gasteiger charge is -2.43. The molecule has 2 rings (SSSR count). The van der Waals surface area contributed by atoms with Crippen molar-refractivity contribution >= 4 is 14.3 Å². The predicted molar refractivity (Wildman–Crippen MR) is 76.4 cm³/mol. The largest absolute Gasteiger partial charge is 0.412 e. The third-order valence-electron chi connectivity index (χ3n) is 4.84. The third-order valence-corrected chi connectivity index (χ3v) is 9.32. The number of urea groups is 1. The van der Waals surface area contributed by atoms with E-state index >= 15 is 0 Å². The van der Waals surface area contributed by atoms with E-state index in [2.05, 4.69) is 39.2 Å². The summed E-state index contributed by atoms with van der Waals surface area (Å²) in [5.74, 6) is 0. The molecule has 0 aromatic heterocycles. The van der Waals surface area contributed by atoms with Gasteiger partial charge in [0.2, 0.25) is 0 Å². The summed E-state index contributed by atoms with van der Waals surface area (Å²) >= 11 is 0. The summed E-state index contributed by atoms with van der Waals surface area (Å²) in [7, 11) is -1.91. The van der Waals surface area contributed by atoms with Crippen LogP contribution in [0.5, 0.6) is 0 Å². The van der Waals surface area contributed by atoms with Crippen molar-refractivity contribution in [2.24, 2.45) is 0 Å². The van der Waals surface area contributed by atoms with Gasteiger partial charge < -0.3 is 14.8 Å². The van der Waals surface area contributed by atoms with Crippen LogP contribution in [0.1, 0.15) is 33.6 Å². The second-order valence-corrected chi connectivity index (χ2v) is 12.1. The van der Waals surface area contributed by atoms with Gasteiger partial charge >= 0.3 is 6.03 Å². The van der Waals surface area contributed by atoms with E-state index in [1.165, 1.54) is 4.90 Å². The van der Waals surface area contributed by atoms with Gasteiger partial charge in [0.05, 0.1) is 6.61 Å². The molecule has 2 N–H and O–H groups in total. The lowest BCUT2D eigenvalue weighted by molar-refractivity contribution is -0.122. The minimum Gasteiger partial charge on any atom is -0.412 e. The number of fused-ring (bicyclic) bond motifs is 2. The molecule has 2 unspecified atom stereocenters. The highest BCUT2D eigenvalue weighted by Gasteiger charge is 2.49. The molecule has 0 spiro atoms. The molecular formula is C13H26N2O3Si. The van der Waals surface area contributed by atoms with Gasteiger partial charge in [-0.25, -0.2) is 4.79 Å². The summed E-state index contributed by atoms with van der Waals surface area (Å²) in [6.07, 6.45) is 1.41. The number of carbonyl (C=O) groups excluding carboxylic acids is 1. The van der Waals surface area contributed by atoms with Crippen LogP contribution in [0, 0.1) is 0 Å². The third kappa shape index (κ3) is 2.66. The number of carbonyl (C=O) groups is 1. The van der Waals surface area contributed by atoms with E-state index in [4.69, 9.17) is 4.43 Å². The first-order chi connectivity index (χ1) is 8.55. The minimum absolute atomic E-state index is 0.105. The number of nitrogens with zero attached hydrogens (tertiary/aromatic N) is 1. The van der Waals surface area contributed by atoms with Crippen LogP contribution in [0.2, 0.25) is 18.1 Å². The SMILES string of the molecule is CC(C)(C)[Si](C)(C)OCC1(O)CCC2CN1C(=O)N2. The molecule has 19 heavy (non-hydrogen) atoms. The average molecular weight is 286 g/mol. The van der Waals surface area contributed by atoms with Crippen molar-refractivity contribution < 1.29 is 14.3 Å². The first-order valence-electron chi connectivity index (χ1n) is 7.00. The Kier molecular flexibility index (Phi) is 3.48. The van der Waals surface area contributed by atoms with E-state index in [0.29, 0.717) is 13.0 Å². The smallest absolute Gasteiger partial charge is 0.320 e. The summed E-state index contributed by atoms with van der Waals surface area (Å²) in [6, 6.07) is 0.0319. The van der Waals surface area contributed by atoms with Crippen LogP contribution < -0.4 is 5.32 Å². The summed E-state index contributed by atoms with van der Waals surface area (Å²) in [5.41, 5.74) is -1.13. The highest BCUT2D eigenvalue weighted by atomic mass is 28.4. The van der Waals surface area contributed by atoms with Crippen LogP contribution in [0.4, 0.5) is 4.79 Å². The Hall–Kier alpha value is -0.593. The number of hydrogen-bond donors (Lipinski definition) is 2. The molecule has 0 aliphatic carbocycles. The Labute approximate surface area is 116 Å². The van der Waals surface area contributed by atoms with Gasteiger partial charge in [-0.3, -0.25) is 4.90 Å². The number of rotatable bonds is 3. The first kappa shape index (κ1) is 14.8. The maximum absolute atomic E-state index is 11.8. The van der Waals surface area contributed by atoms with E-state index in [0.717, 1.165) is 6.42 Å². The molecular weight excluding hydrogens is 260 g/mol. The van der Waals surface area contributed by atoms with Gasteiger partial charge in [-0.05, 0) is 31.0 Å². The summed E-state index contributed by atoms with van der Waals surface area (Å²) < 4.78 is 6.10. The number of hydrogen-bond acceptors (Lipinski definition) is 3. The zero-order valence-electron chi connectivity index (χ0n) is 12.6. The maximum Gasteiger partial charge on any atom is 0.320 e. The quantitative estimate of drug-likeness (QED) is 0.779. The fourth-order valence-corrected chi connectivity index (χ4v) is 3.35. The highest BCUT2D eigenvalue weighted by molar-refractivity contribution is 6.74. The number of aliphatic hydroxyl groups is 1. The van der Waals surface area contributed by atoms with Crippen LogP contribution in [0.25, 0.3) is 0 Å². The van der Waals surface area contributed by atoms with Crippen molar-refractivity contribution in [1.29, 1.82) is 0 Å². The van der Waals surface area contributed by atoms with Crippen molar-refractivity contribution in [3.05, 3.63) is 0 Å². The van der Waals surface area contributed by atoms with E-state index in [9.17, 15) is 9.90 Å². The molecule has 0 aromatic carbocycles. The molecule has 2 heterocycles. The lowest BCUT2D eigenvalue weighted by Crippen LogP contribution is -2.57. The van der Waals surface area contributed by atoms with Crippen molar-refractivity contribution in [3.63, 3.8) is 0 Å². The van der Waals surface area contributed by atoms with Crippen LogP contribution >= 0.6 is 0 Å². The predicted octanol–water partition coefficient (Wildman–Crippen LogP) is 1.88. The van der Waals surface area contributed by atoms with Crippen LogP contribution in [-0.2, 0) is 4.43 Å². The van der Waals surface area contributed by atoms with Gasteiger partial charge in [-0.1, -0.05) is 20.8 Å². The van der Waals surface area contributed by atoms with Crippen LogP contribution in [-0.4, -0.2) is 49.3 Å². The molecule has 5 nitrogen and oxygen atoms in total. The summed E-state index contributed by atoms with van der Waals surface area (Å²) in [5, 5.41) is 13.7. The zero-order valence-corrected chi connectivity index (χ0v) is 13.6. The molecule has 2 amide bonds. The summed E-state index contributed by atoms with van der Waals surface area (Å²) in [4.78, 5) is 13.3. The van der Waals surface area contributed by atoms with Gasteiger partial charge in [0.25, 0.3) is 0 Å². The molecule has 110 valence electrons. The maximum atomic E-state index is 11.8. The van der Waals surface area contributed by atoms with Crippen LogP contribution in [0.15, 0.2) is 0 Å². The molecule has 2 aliphatic rings. The molecule has 2 aliphatic heterocycles. The first-order valence-corrected chi connectivity index (χ1v) is 9.90. The van der Waals surface area contributed by atoms with Gasteiger partial charge in [0.15, 0.2) is 14.0 Å². The van der Waals surface area contributed by atoms with E-state index in [-0.39, 0.29) is 23.7 Å². The fourth-order valence-electron chi connectivity index (χ4n) is 2.33. The molecule has 0 saturated carbocycles. The number of amides is 2. The van der Waals surface area contributed by atoms with E-state index in [1.807, 2.05) is 0 Å². The highest BCUT2D eigenvalue weighted by Crippen LogP contribution is 2.38. The number of piperidine rings is 1. The standard InChI is InChI=1S/C13H26N2O3Si/c1-12(2,3)19(4,5)18-9-13(17)7-6-10-8-15(13)11(16)14-10/h10,17H,6-9H2,1-5H3,(H,14,16). The Morgan fingerprint density at radius 2 is 2.16 bits per heavy atom. The van der Waals surface area contributed by atoms with Gasteiger partial charge in [-0.2, -0.15) is 0 Å². The minimum atomic E-state index is -1.91. The Balaban J connectivity index is 2.04. The lowest BCUT2D eigenvalue weighted by atomic mass is 9.98. The summed E-state index contributed by atoms with van der Waals surface area (Å²) in [6.45, 7) is 11.6. The Bertz CT molecular complexity index is 381. The molecule has 2 fully saturated rings. The molecule has 0 aromatic rings. The van der Waals surface area contributed by atoms with E-state index in [1.54, 1.807) is 0 Å². The van der Waals surface area contributed by atoms with Gasteiger partial charge in [-0.15, -0.1) is 0 Å². The average Bonchev–Trinajstić information content (AvgIpc) is 2.60. The molecule has 2 bridgehead atoms. The van der Waals surface area contributed by atoms with Crippen molar-refractivity contribution in [1.82, 2.24) is 10.2 Å². The van der Waals surface area contributed by atoms with E-state index < -0.39 is 14.0 Å². The second kappa shape index (κ2) is 4.46. The number of nitrogens with one attached hydrogen (secondary N) is 1. The molecule has 6 heteroatoms. The normalized spacial score (nSPS) is 31.6. The van der Waals surface area contributed by atoms with Crippen molar-refractivity contribution in [2.45, 2.75) is 63.5 Å². The second-order valence-electron chi connectivity index (χ2n) is 7.33. The Morgan fingerprint density at radius 1 is 1.53 bits per heavy atom. The monoisotopic (exact) mass is 286 g/mol. The topological polar surface area (TPSA) is 61.8 Å². The molecule has 2 atom stereocenters. The van der Waals surface area contributed by atoms with Crippen molar-refractivity contribution in [3.8, 4) is 0 Å². The van der Waals surface area contributed by atoms with Crippen LogP contribution in [0.3, 0.4) is 0 Å². The Morgan fingerprint density at radius 3 is 2.74 bits per heavy atom.